The first kappa shape index (κ1) is 14.5. The highest BCUT2D eigenvalue weighted by Gasteiger charge is 2.09. The smallest absolute Gasteiger partial charge is 0.338 e. The molecule has 1 aromatic carbocycles. The minimum Gasteiger partial charge on any atom is -0.459 e. The number of hydrogen-bond acceptors (Lipinski definition) is 4. The summed E-state index contributed by atoms with van der Waals surface area (Å²) in [5, 5.41) is 3.27. The molecular formula is C14H21NO3. The number of ether oxygens (including phenoxy) is 2. The molecule has 0 heterocycles. The third-order valence-electron chi connectivity index (χ3n) is 2.29. The fourth-order valence-corrected chi connectivity index (χ4v) is 1.56. The van der Waals surface area contributed by atoms with Gasteiger partial charge in [-0.2, -0.15) is 0 Å². The molecule has 1 aromatic rings. The molecule has 0 saturated heterocycles. The summed E-state index contributed by atoms with van der Waals surface area (Å²) in [6, 6.07) is 7.47. The van der Waals surface area contributed by atoms with E-state index in [2.05, 4.69) is 5.32 Å². The molecule has 4 heteroatoms. The van der Waals surface area contributed by atoms with Gasteiger partial charge in [-0.3, -0.25) is 0 Å². The molecule has 18 heavy (non-hydrogen) atoms. The van der Waals surface area contributed by atoms with E-state index in [-0.39, 0.29) is 18.1 Å². The number of esters is 1. The Hall–Kier alpha value is -1.55. The Morgan fingerprint density at radius 1 is 1.22 bits per heavy atom. The number of rotatable bonds is 6. The van der Waals surface area contributed by atoms with Crippen molar-refractivity contribution in [1.82, 2.24) is 0 Å². The van der Waals surface area contributed by atoms with Crippen LogP contribution in [0.3, 0.4) is 0 Å². The number of benzene rings is 1. The third kappa shape index (κ3) is 4.75. The van der Waals surface area contributed by atoms with Crippen LogP contribution in [0.15, 0.2) is 24.3 Å². The first-order valence-corrected chi connectivity index (χ1v) is 6.09. The largest absolute Gasteiger partial charge is 0.459 e. The number of carbonyl (C=O) groups is 1. The molecule has 0 fully saturated rings. The lowest BCUT2D eigenvalue weighted by molar-refractivity contribution is 0.0378. The molecule has 1 atom stereocenters. The van der Waals surface area contributed by atoms with Gasteiger partial charge in [-0.1, -0.05) is 0 Å². The van der Waals surface area contributed by atoms with Gasteiger partial charge in [-0.05, 0) is 45.0 Å². The van der Waals surface area contributed by atoms with Crippen LogP contribution in [0.4, 0.5) is 5.69 Å². The van der Waals surface area contributed by atoms with E-state index in [4.69, 9.17) is 9.47 Å². The molecule has 4 nitrogen and oxygen atoms in total. The minimum absolute atomic E-state index is 0.1000. The van der Waals surface area contributed by atoms with Crippen LogP contribution in [-0.2, 0) is 9.47 Å². The van der Waals surface area contributed by atoms with Crippen molar-refractivity contribution in [1.29, 1.82) is 0 Å². The van der Waals surface area contributed by atoms with Crippen molar-refractivity contribution in [2.24, 2.45) is 0 Å². The Morgan fingerprint density at radius 2 is 1.83 bits per heavy atom. The zero-order valence-electron chi connectivity index (χ0n) is 11.4. The number of anilines is 1. The first-order valence-electron chi connectivity index (χ1n) is 6.09. The second kappa shape index (κ2) is 7.01. The van der Waals surface area contributed by atoms with Gasteiger partial charge in [0, 0.05) is 18.8 Å². The lowest BCUT2D eigenvalue weighted by Crippen LogP contribution is -2.20. The zero-order chi connectivity index (χ0) is 13.5. The lowest BCUT2D eigenvalue weighted by atomic mass is 10.2. The summed E-state index contributed by atoms with van der Waals surface area (Å²) in [4.78, 5) is 11.6. The molecule has 0 aromatic heterocycles. The summed E-state index contributed by atoms with van der Waals surface area (Å²) in [6.45, 7) is 6.34. The minimum atomic E-state index is -0.290. The van der Waals surface area contributed by atoms with Crippen LogP contribution in [0.2, 0.25) is 0 Å². The molecule has 1 unspecified atom stereocenters. The maximum atomic E-state index is 11.6. The highest BCUT2D eigenvalue weighted by atomic mass is 16.5. The summed E-state index contributed by atoms with van der Waals surface area (Å²) in [7, 11) is 1.67. The van der Waals surface area contributed by atoms with E-state index in [0.717, 1.165) is 5.69 Å². The van der Waals surface area contributed by atoms with E-state index in [1.807, 2.05) is 32.9 Å². The molecule has 1 N–H and O–H groups in total. The fourth-order valence-electron chi connectivity index (χ4n) is 1.56. The number of methoxy groups -OCH3 is 1. The van der Waals surface area contributed by atoms with Crippen LogP contribution in [-0.4, -0.2) is 31.8 Å². The standard InChI is InChI=1S/C14H21NO3/c1-10(2)18-14(16)12-5-7-13(8-6-12)15-11(3)9-17-4/h5-8,10-11,15H,9H2,1-4H3. The van der Waals surface area contributed by atoms with Gasteiger partial charge < -0.3 is 14.8 Å². The van der Waals surface area contributed by atoms with Crippen molar-refractivity contribution in [3.63, 3.8) is 0 Å². The molecule has 0 saturated carbocycles. The molecule has 100 valence electrons. The topological polar surface area (TPSA) is 47.6 Å². The van der Waals surface area contributed by atoms with E-state index in [1.165, 1.54) is 0 Å². The zero-order valence-corrected chi connectivity index (χ0v) is 11.4. The van der Waals surface area contributed by atoms with Crippen LogP contribution in [0, 0.1) is 0 Å². The Morgan fingerprint density at radius 3 is 2.33 bits per heavy atom. The molecule has 0 aliphatic carbocycles. The average molecular weight is 251 g/mol. The van der Waals surface area contributed by atoms with Gasteiger partial charge in [0.05, 0.1) is 18.3 Å². The van der Waals surface area contributed by atoms with Gasteiger partial charge in [0.15, 0.2) is 0 Å². The SMILES string of the molecule is COCC(C)Nc1ccc(C(=O)OC(C)C)cc1. The molecule has 0 aliphatic rings. The summed E-state index contributed by atoms with van der Waals surface area (Å²) in [5.74, 6) is -0.290. The predicted octanol–water partition coefficient (Wildman–Crippen LogP) is 2.70. The Kier molecular flexibility index (Phi) is 5.65. The molecule has 0 amide bonds. The maximum absolute atomic E-state index is 11.6. The van der Waals surface area contributed by atoms with Crippen LogP contribution in [0.5, 0.6) is 0 Å². The first-order chi connectivity index (χ1) is 8.52. The number of carbonyl (C=O) groups excluding carboxylic acids is 1. The van der Waals surface area contributed by atoms with Crippen LogP contribution >= 0.6 is 0 Å². The molecule has 0 aliphatic heterocycles. The van der Waals surface area contributed by atoms with Crippen molar-refractivity contribution < 1.29 is 14.3 Å². The second-order valence-electron chi connectivity index (χ2n) is 4.53. The predicted molar refractivity (Wildman–Crippen MR) is 72.0 cm³/mol. The van der Waals surface area contributed by atoms with Crippen molar-refractivity contribution in [3.8, 4) is 0 Å². The Bertz CT molecular complexity index is 373. The van der Waals surface area contributed by atoms with Gasteiger partial charge in [-0.25, -0.2) is 4.79 Å². The summed E-state index contributed by atoms with van der Waals surface area (Å²) in [6.07, 6.45) is -0.1000. The number of nitrogens with one attached hydrogen (secondary N) is 1. The third-order valence-corrected chi connectivity index (χ3v) is 2.29. The van der Waals surface area contributed by atoms with Crippen molar-refractivity contribution in [3.05, 3.63) is 29.8 Å². The molecule has 1 rings (SSSR count). The fraction of sp³-hybridized carbons (Fsp3) is 0.500. The summed E-state index contributed by atoms with van der Waals surface area (Å²) < 4.78 is 10.2. The van der Waals surface area contributed by atoms with Gasteiger partial charge in [0.25, 0.3) is 0 Å². The number of hydrogen-bond donors (Lipinski definition) is 1. The highest BCUT2D eigenvalue weighted by Crippen LogP contribution is 2.12. The van der Waals surface area contributed by atoms with Gasteiger partial charge >= 0.3 is 5.97 Å². The lowest BCUT2D eigenvalue weighted by Gasteiger charge is -2.14. The van der Waals surface area contributed by atoms with Crippen LogP contribution in [0.1, 0.15) is 31.1 Å². The van der Waals surface area contributed by atoms with Gasteiger partial charge in [0.2, 0.25) is 0 Å². The average Bonchev–Trinajstić information content (AvgIpc) is 2.29. The monoisotopic (exact) mass is 251 g/mol. The Labute approximate surface area is 108 Å². The van der Waals surface area contributed by atoms with Crippen molar-refractivity contribution in [2.45, 2.75) is 32.9 Å². The molecule has 0 radical (unpaired) electrons. The van der Waals surface area contributed by atoms with Crippen LogP contribution < -0.4 is 5.32 Å². The van der Waals surface area contributed by atoms with E-state index >= 15 is 0 Å². The van der Waals surface area contributed by atoms with E-state index in [1.54, 1.807) is 19.2 Å². The van der Waals surface area contributed by atoms with Crippen LogP contribution in [0.25, 0.3) is 0 Å². The van der Waals surface area contributed by atoms with E-state index in [9.17, 15) is 4.79 Å². The molecule has 0 bridgehead atoms. The quantitative estimate of drug-likeness (QED) is 0.790. The van der Waals surface area contributed by atoms with Gasteiger partial charge in [-0.15, -0.1) is 0 Å². The molecular weight excluding hydrogens is 230 g/mol. The molecule has 0 spiro atoms. The van der Waals surface area contributed by atoms with Crippen molar-refractivity contribution >= 4 is 11.7 Å². The maximum Gasteiger partial charge on any atom is 0.338 e. The van der Waals surface area contributed by atoms with Crippen molar-refractivity contribution in [2.75, 3.05) is 19.0 Å². The van der Waals surface area contributed by atoms with E-state index in [0.29, 0.717) is 12.2 Å². The van der Waals surface area contributed by atoms with E-state index < -0.39 is 0 Å². The summed E-state index contributed by atoms with van der Waals surface area (Å²) >= 11 is 0. The Balaban J connectivity index is 2.59. The van der Waals surface area contributed by atoms with Gasteiger partial charge in [0.1, 0.15) is 0 Å². The second-order valence-corrected chi connectivity index (χ2v) is 4.53. The summed E-state index contributed by atoms with van der Waals surface area (Å²) in [5.41, 5.74) is 1.52. The normalized spacial score (nSPS) is 12.3. The highest BCUT2D eigenvalue weighted by molar-refractivity contribution is 5.89.